The normalized spacial score (nSPS) is 49.8. The summed E-state index contributed by atoms with van der Waals surface area (Å²) < 4.78 is 0. The molecule has 2 saturated carbocycles. The molecule has 3 atom stereocenters. The average Bonchev–Trinajstić information content (AvgIpc) is 2.08. The molecule has 0 nitrogen and oxygen atoms in total. The second-order valence-corrected chi connectivity index (χ2v) is 7.81. The molecule has 0 bridgehead atoms. The quantitative estimate of drug-likeness (QED) is 0.524. The van der Waals surface area contributed by atoms with Gasteiger partial charge in [-0.2, -0.15) is 0 Å². The molecule has 0 aromatic rings. The highest BCUT2D eigenvalue weighted by molar-refractivity contribution is 5.03. The van der Waals surface area contributed by atoms with Gasteiger partial charge in [0, 0.05) is 0 Å². The zero-order chi connectivity index (χ0) is 11.3. The van der Waals surface area contributed by atoms with Crippen LogP contribution in [0.25, 0.3) is 0 Å². The van der Waals surface area contributed by atoms with E-state index in [9.17, 15) is 0 Å². The van der Waals surface area contributed by atoms with Gasteiger partial charge >= 0.3 is 0 Å². The summed E-state index contributed by atoms with van der Waals surface area (Å²) >= 11 is 0. The van der Waals surface area contributed by atoms with Gasteiger partial charge in [0.2, 0.25) is 0 Å². The maximum absolute atomic E-state index is 2.57. The Balaban J connectivity index is 2.24. The fourth-order valence-corrected chi connectivity index (χ4v) is 4.45. The monoisotopic (exact) mass is 208 g/mol. The molecule has 0 spiro atoms. The zero-order valence-corrected chi connectivity index (χ0v) is 11.3. The summed E-state index contributed by atoms with van der Waals surface area (Å²) in [6.45, 7) is 12.5. The molecule has 0 heterocycles. The number of rotatable bonds is 0. The van der Waals surface area contributed by atoms with Gasteiger partial charge in [-0.05, 0) is 54.3 Å². The maximum atomic E-state index is 2.57. The summed E-state index contributed by atoms with van der Waals surface area (Å²) in [7, 11) is 0. The predicted molar refractivity (Wildman–Crippen MR) is 66.9 cm³/mol. The van der Waals surface area contributed by atoms with Gasteiger partial charge in [-0.1, -0.05) is 41.0 Å². The van der Waals surface area contributed by atoms with E-state index in [0.717, 1.165) is 5.92 Å². The van der Waals surface area contributed by atoms with Crippen LogP contribution >= 0.6 is 0 Å². The second-order valence-electron chi connectivity index (χ2n) is 7.81. The van der Waals surface area contributed by atoms with Crippen molar-refractivity contribution in [1.29, 1.82) is 0 Å². The van der Waals surface area contributed by atoms with Crippen LogP contribution < -0.4 is 0 Å². The summed E-state index contributed by atoms with van der Waals surface area (Å²) in [5.74, 6) is 0.962. The zero-order valence-electron chi connectivity index (χ0n) is 11.3. The highest BCUT2D eigenvalue weighted by atomic mass is 14.6. The Bertz CT molecular complexity index is 253. The van der Waals surface area contributed by atoms with Gasteiger partial charge in [0.15, 0.2) is 0 Å². The molecular formula is C15H28. The summed E-state index contributed by atoms with van der Waals surface area (Å²) in [6, 6.07) is 0. The first-order chi connectivity index (χ1) is 6.77. The van der Waals surface area contributed by atoms with Crippen LogP contribution in [0.3, 0.4) is 0 Å². The van der Waals surface area contributed by atoms with E-state index in [-0.39, 0.29) is 0 Å². The Labute approximate surface area is 95.8 Å². The van der Waals surface area contributed by atoms with Crippen LogP contribution in [0.5, 0.6) is 0 Å². The fraction of sp³-hybridized carbons (Fsp3) is 1.00. The topological polar surface area (TPSA) is 0 Å². The summed E-state index contributed by atoms with van der Waals surface area (Å²) in [5.41, 5.74) is 1.86. The summed E-state index contributed by atoms with van der Waals surface area (Å²) in [4.78, 5) is 0. The van der Waals surface area contributed by atoms with Crippen molar-refractivity contribution >= 4 is 0 Å². The third-order valence-corrected chi connectivity index (χ3v) is 5.67. The minimum Gasteiger partial charge on any atom is -0.0625 e. The van der Waals surface area contributed by atoms with E-state index in [4.69, 9.17) is 0 Å². The molecule has 0 heteroatoms. The highest BCUT2D eigenvalue weighted by Gasteiger charge is 2.52. The molecule has 0 saturated heterocycles. The van der Waals surface area contributed by atoms with E-state index < -0.39 is 0 Å². The van der Waals surface area contributed by atoms with Gasteiger partial charge in [0.05, 0.1) is 0 Å². The van der Waals surface area contributed by atoms with Crippen LogP contribution in [0.4, 0.5) is 0 Å². The lowest BCUT2D eigenvalue weighted by Crippen LogP contribution is -2.49. The number of hydrogen-bond acceptors (Lipinski definition) is 0. The third-order valence-electron chi connectivity index (χ3n) is 5.67. The van der Waals surface area contributed by atoms with E-state index >= 15 is 0 Å². The molecule has 15 heavy (non-hydrogen) atoms. The van der Waals surface area contributed by atoms with E-state index in [1.54, 1.807) is 0 Å². The summed E-state index contributed by atoms with van der Waals surface area (Å²) in [6.07, 6.45) is 8.74. The Kier molecular flexibility index (Phi) is 2.48. The molecule has 2 aliphatic carbocycles. The van der Waals surface area contributed by atoms with Crippen LogP contribution in [-0.2, 0) is 0 Å². The van der Waals surface area contributed by atoms with E-state index in [0.29, 0.717) is 16.2 Å². The van der Waals surface area contributed by atoms with Gasteiger partial charge in [-0.3, -0.25) is 0 Å². The van der Waals surface area contributed by atoms with Crippen molar-refractivity contribution in [2.45, 2.75) is 73.1 Å². The van der Waals surface area contributed by atoms with Gasteiger partial charge < -0.3 is 0 Å². The molecular weight excluding hydrogens is 180 g/mol. The lowest BCUT2D eigenvalue weighted by Gasteiger charge is -2.59. The molecule has 2 fully saturated rings. The Hall–Kier alpha value is 0. The molecule has 0 N–H and O–H groups in total. The molecule has 2 rings (SSSR count). The van der Waals surface area contributed by atoms with E-state index in [1.165, 1.54) is 38.5 Å². The molecule has 0 aromatic heterocycles. The number of fused-ring (bicyclic) bond motifs is 1. The Morgan fingerprint density at radius 1 is 0.867 bits per heavy atom. The molecule has 2 unspecified atom stereocenters. The van der Waals surface area contributed by atoms with E-state index in [1.807, 2.05) is 0 Å². The lowest BCUT2D eigenvalue weighted by atomic mass is 9.46. The molecule has 0 radical (unpaired) electrons. The van der Waals surface area contributed by atoms with Crippen LogP contribution in [0.15, 0.2) is 0 Å². The van der Waals surface area contributed by atoms with Crippen molar-refractivity contribution in [2.24, 2.45) is 22.2 Å². The third kappa shape index (κ3) is 1.85. The first-order valence-corrected chi connectivity index (χ1v) is 6.77. The summed E-state index contributed by atoms with van der Waals surface area (Å²) in [5, 5.41) is 0. The Morgan fingerprint density at radius 3 is 2.20 bits per heavy atom. The van der Waals surface area contributed by atoms with Crippen molar-refractivity contribution in [3.8, 4) is 0 Å². The van der Waals surface area contributed by atoms with Gasteiger partial charge in [0.1, 0.15) is 0 Å². The largest absolute Gasteiger partial charge is 0.0625 e. The second kappa shape index (κ2) is 3.25. The SMILES string of the molecule is CC1CCC2(C)CC(C)(C)CC[C@@]2(C)C1. The van der Waals surface area contributed by atoms with Crippen LogP contribution in [0.1, 0.15) is 73.1 Å². The van der Waals surface area contributed by atoms with Crippen molar-refractivity contribution in [2.75, 3.05) is 0 Å². The smallest absolute Gasteiger partial charge is 0.0267 e. The van der Waals surface area contributed by atoms with Crippen molar-refractivity contribution in [3.05, 3.63) is 0 Å². The molecule has 88 valence electrons. The highest BCUT2D eigenvalue weighted by Crippen LogP contribution is 2.63. The average molecular weight is 208 g/mol. The van der Waals surface area contributed by atoms with Crippen LogP contribution in [0.2, 0.25) is 0 Å². The molecule has 0 amide bonds. The van der Waals surface area contributed by atoms with Crippen molar-refractivity contribution in [3.63, 3.8) is 0 Å². The van der Waals surface area contributed by atoms with Gasteiger partial charge in [-0.15, -0.1) is 0 Å². The Morgan fingerprint density at radius 2 is 1.53 bits per heavy atom. The minimum absolute atomic E-state index is 0.592. The predicted octanol–water partition coefficient (Wildman–Crippen LogP) is 5.03. The number of hydrogen-bond donors (Lipinski definition) is 0. The molecule has 0 aliphatic heterocycles. The van der Waals surface area contributed by atoms with E-state index in [2.05, 4.69) is 34.6 Å². The van der Waals surface area contributed by atoms with Crippen LogP contribution in [0, 0.1) is 22.2 Å². The minimum atomic E-state index is 0.592. The van der Waals surface area contributed by atoms with Crippen molar-refractivity contribution in [1.82, 2.24) is 0 Å². The first kappa shape index (κ1) is 11.5. The van der Waals surface area contributed by atoms with Gasteiger partial charge in [0.25, 0.3) is 0 Å². The van der Waals surface area contributed by atoms with Crippen LogP contribution in [-0.4, -0.2) is 0 Å². The maximum Gasteiger partial charge on any atom is -0.0267 e. The fourth-order valence-electron chi connectivity index (χ4n) is 4.45. The lowest BCUT2D eigenvalue weighted by molar-refractivity contribution is -0.0860. The van der Waals surface area contributed by atoms with Crippen molar-refractivity contribution < 1.29 is 0 Å². The first-order valence-electron chi connectivity index (χ1n) is 6.77. The standard InChI is InChI=1S/C15H28/c1-12-6-7-15(5)11-13(2,3)8-9-14(15,4)10-12/h12H,6-11H2,1-5H3/t12?,14-,15?/m0/s1. The molecule has 2 aliphatic rings. The molecule has 0 aromatic carbocycles. The van der Waals surface area contributed by atoms with Gasteiger partial charge in [-0.25, -0.2) is 0 Å².